The molecule has 0 radical (unpaired) electrons. The first-order valence-corrected chi connectivity index (χ1v) is 7.02. The smallest absolute Gasteiger partial charge is 0.229 e. The van der Waals surface area contributed by atoms with Crippen LogP contribution in [0.2, 0.25) is 0 Å². The van der Waals surface area contributed by atoms with Crippen molar-refractivity contribution in [3.8, 4) is 5.75 Å². The van der Waals surface area contributed by atoms with E-state index in [9.17, 15) is 14.7 Å². The van der Waals surface area contributed by atoms with Gasteiger partial charge in [0.2, 0.25) is 11.8 Å². The molecule has 1 saturated heterocycles. The van der Waals surface area contributed by atoms with Crippen molar-refractivity contribution in [3.05, 3.63) is 48.4 Å². The second-order valence-corrected chi connectivity index (χ2v) is 5.29. The van der Waals surface area contributed by atoms with Crippen molar-refractivity contribution >= 4 is 17.5 Å². The van der Waals surface area contributed by atoms with Gasteiger partial charge in [-0.2, -0.15) is 0 Å². The first kappa shape index (κ1) is 14.2. The highest BCUT2D eigenvalue weighted by atomic mass is 16.3. The van der Waals surface area contributed by atoms with E-state index in [-0.39, 0.29) is 29.9 Å². The summed E-state index contributed by atoms with van der Waals surface area (Å²) in [5.74, 6) is 0.214. The van der Waals surface area contributed by atoms with E-state index in [2.05, 4.69) is 5.32 Å². The zero-order valence-electron chi connectivity index (χ0n) is 11.9. The average molecular weight is 300 g/mol. The first-order chi connectivity index (χ1) is 10.6. The number of phenols is 1. The summed E-state index contributed by atoms with van der Waals surface area (Å²) in [4.78, 5) is 25.8. The normalized spacial score (nSPS) is 17.7. The van der Waals surface area contributed by atoms with Gasteiger partial charge in [0.1, 0.15) is 11.5 Å². The molecule has 3 rings (SSSR count). The summed E-state index contributed by atoms with van der Waals surface area (Å²) in [6, 6.07) is 9.80. The van der Waals surface area contributed by atoms with Crippen LogP contribution in [0.3, 0.4) is 0 Å². The van der Waals surface area contributed by atoms with Crippen LogP contribution in [0.15, 0.2) is 47.1 Å². The van der Waals surface area contributed by atoms with Crippen LogP contribution in [0.25, 0.3) is 0 Å². The van der Waals surface area contributed by atoms with Crippen LogP contribution >= 0.6 is 0 Å². The SMILES string of the molecule is O=C(Nc1ccc(O)cc1)[C@@H]1CC(=O)N(Cc2ccco2)C1. The Balaban J connectivity index is 1.60. The van der Waals surface area contributed by atoms with Crippen molar-refractivity contribution in [2.75, 3.05) is 11.9 Å². The van der Waals surface area contributed by atoms with Gasteiger partial charge in [0.05, 0.1) is 18.7 Å². The molecular formula is C16H16N2O4. The molecule has 1 fully saturated rings. The number of carbonyl (C=O) groups excluding carboxylic acids is 2. The van der Waals surface area contributed by atoms with Crippen molar-refractivity contribution in [1.29, 1.82) is 0 Å². The summed E-state index contributed by atoms with van der Waals surface area (Å²) >= 11 is 0. The maximum absolute atomic E-state index is 12.2. The predicted molar refractivity (Wildman–Crippen MR) is 79.0 cm³/mol. The molecule has 1 aliphatic heterocycles. The quantitative estimate of drug-likeness (QED) is 0.846. The number of phenolic OH excluding ortho intramolecular Hbond substituents is 1. The number of hydrogen-bond acceptors (Lipinski definition) is 4. The molecular weight excluding hydrogens is 284 g/mol. The molecule has 2 amide bonds. The second-order valence-electron chi connectivity index (χ2n) is 5.29. The Morgan fingerprint density at radius 2 is 2.09 bits per heavy atom. The second kappa shape index (κ2) is 5.93. The van der Waals surface area contributed by atoms with Gasteiger partial charge in [-0.1, -0.05) is 0 Å². The van der Waals surface area contributed by atoms with Gasteiger partial charge in [-0.25, -0.2) is 0 Å². The zero-order valence-corrected chi connectivity index (χ0v) is 11.9. The molecule has 0 aliphatic carbocycles. The molecule has 114 valence electrons. The Kier molecular flexibility index (Phi) is 3.82. The van der Waals surface area contributed by atoms with Gasteiger partial charge in [0.15, 0.2) is 0 Å². The lowest BCUT2D eigenvalue weighted by atomic mass is 10.1. The van der Waals surface area contributed by atoms with E-state index >= 15 is 0 Å². The molecule has 1 aromatic heterocycles. The van der Waals surface area contributed by atoms with Gasteiger partial charge in [-0.3, -0.25) is 9.59 Å². The number of rotatable bonds is 4. The Morgan fingerprint density at radius 3 is 2.77 bits per heavy atom. The number of nitrogens with zero attached hydrogens (tertiary/aromatic N) is 1. The Labute approximate surface area is 127 Å². The summed E-state index contributed by atoms with van der Waals surface area (Å²) in [6.07, 6.45) is 1.76. The van der Waals surface area contributed by atoms with Crippen molar-refractivity contribution < 1.29 is 19.1 Å². The van der Waals surface area contributed by atoms with E-state index in [0.717, 1.165) is 0 Å². The highest BCUT2D eigenvalue weighted by molar-refractivity contribution is 5.97. The Hall–Kier alpha value is -2.76. The zero-order chi connectivity index (χ0) is 15.5. The van der Waals surface area contributed by atoms with Crippen LogP contribution in [0.5, 0.6) is 5.75 Å². The Morgan fingerprint density at radius 1 is 1.32 bits per heavy atom. The highest BCUT2D eigenvalue weighted by Gasteiger charge is 2.34. The molecule has 6 nitrogen and oxygen atoms in total. The summed E-state index contributed by atoms with van der Waals surface area (Å²) in [6.45, 7) is 0.762. The van der Waals surface area contributed by atoms with Crippen LogP contribution in [0.1, 0.15) is 12.2 Å². The van der Waals surface area contributed by atoms with Crippen LogP contribution in [-0.2, 0) is 16.1 Å². The van der Waals surface area contributed by atoms with Gasteiger partial charge in [0.25, 0.3) is 0 Å². The molecule has 1 aromatic carbocycles. The van der Waals surface area contributed by atoms with Gasteiger partial charge in [0, 0.05) is 18.7 Å². The van der Waals surface area contributed by atoms with Crippen molar-refractivity contribution in [2.45, 2.75) is 13.0 Å². The minimum absolute atomic E-state index is 0.0535. The van der Waals surface area contributed by atoms with Crippen molar-refractivity contribution in [1.82, 2.24) is 4.90 Å². The fraction of sp³-hybridized carbons (Fsp3) is 0.250. The molecule has 0 unspecified atom stereocenters. The summed E-state index contributed by atoms with van der Waals surface area (Å²) in [7, 11) is 0. The molecule has 1 aliphatic rings. The molecule has 2 N–H and O–H groups in total. The number of likely N-dealkylation sites (tertiary alicyclic amines) is 1. The number of furan rings is 1. The third kappa shape index (κ3) is 3.11. The number of benzene rings is 1. The fourth-order valence-electron chi connectivity index (χ4n) is 2.48. The van der Waals surface area contributed by atoms with Gasteiger partial charge >= 0.3 is 0 Å². The molecule has 22 heavy (non-hydrogen) atoms. The number of aromatic hydroxyl groups is 1. The van der Waals surface area contributed by atoms with Crippen LogP contribution in [0.4, 0.5) is 5.69 Å². The maximum atomic E-state index is 12.2. The molecule has 0 spiro atoms. The molecule has 2 heterocycles. The lowest BCUT2D eigenvalue weighted by Crippen LogP contribution is -2.27. The lowest BCUT2D eigenvalue weighted by molar-refractivity contribution is -0.128. The number of anilines is 1. The van der Waals surface area contributed by atoms with Gasteiger partial charge in [-0.15, -0.1) is 0 Å². The number of nitrogens with one attached hydrogen (secondary N) is 1. The maximum Gasteiger partial charge on any atom is 0.229 e. The van der Waals surface area contributed by atoms with Gasteiger partial charge in [-0.05, 0) is 36.4 Å². The first-order valence-electron chi connectivity index (χ1n) is 7.02. The van der Waals surface area contributed by atoms with E-state index in [1.807, 2.05) is 0 Å². The van der Waals surface area contributed by atoms with Crippen LogP contribution in [-0.4, -0.2) is 28.4 Å². The lowest BCUT2D eigenvalue weighted by Gasteiger charge is -2.15. The van der Waals surface area contributed by atoms with E-state index in [0.29, 0.717) is 24.5 Å². The summed E-state index contributed by atoms with van der Waals surface area (Å²) < 4.78 is 5.23. The largest absolute Gasteiger partial charge is 0.508 e. The third-order valence-corrected chi connectivity index (χ3v) is 3.65. The number of hydrogen-bond donors (Lipinski definition) is 2. The predicted octanol–water partition coefficient (Wildman–Crippen LogP) is 1.97. The minimum atomic E-state index is -0.378. The Bertz CT molecular complexity index is 664. The monoisotopic (exact) mass is 300 g/mol. The average Bonchev–Trinajstić information content (AvgIpc) is 3.13. The van der Waals surface area contributed by atoms with Crippen molar-refractivity contribution in [3.63, 3.8) is 0 Å². The van der Waals surface area contributed by atoms with E-state index in [1.54, 1.807) is 35.4 Å². The van der Waals surface area contributed by atoms with E-state index in [4.69, 9.17) is 4.42 Å². The topological polar surface area (TPSA) is 82.8 Å². The van der Waals surface area contributed by atoms with Crippen LogP contribution < -0.4 is 5.32 Å². The molecule has 2 aromatic rings. The third-order valence-electron chi connectivity index (χ3n) is 3.65. The molecule has 0 saturated carbocycles. The highest BCUT2D eigenvalue weighted by Crippen LogP contribution is 2.22. The fourth-order valence-corrected chi connectivity index (χ4v) is 2.48. The van der Waals surface area contributed by atoms with Crippen LogP contribution in [0, 0.1) is 5.92 Å². The number of amides is 2. The van der Waals surface area contributed by atoms with E-state index < -0.39 is 0 Å². The standard InChI is InChI=1S/C16H16N2O4/c19-13-5-3-12(4-6-13)17-16(21)11-8-15(20)18(9-11)10-14-2-1-7-22-14/h1-7,11,19H,8-10H2,(H,17,21)/t11-/m1/s1. The minimum Gasteiger partial charge on any atom is -0.508 e. The molecule has 1 atom stereocenters. The van der Waals surface area contributed by atoms with Crippen molar-refractivity contribution in [2.24, 2.45) is 5.92 Å². The number of carbonyl (C=O) groups is 2. The van der Waals surface area contributed by atoms with Gasteiger partial charge < -0.3 is 19.7 Å². The summed E-state index contributed by atoms with van der Waals surface area (Å²) in [5, 5.41) is 12.0. The molecule has 6 heteroatoms. The molecule has 0 bridgehead atoms. The summed E-state index contributed by atoms with van der Waals surface area (Å²) in [5.41, 5.74) is 0.597. The van der Waals surface area contributed by atoms with E-state index in [1.165, 1.54) is 12.1 Å².